The van der Waals surface area contributed by atoms with Gasteiger partial charge in [0.25, 0.3) is 5.91 Å². The Labute approximate surface area is 111 Å². The van der Waals surface area contributed by atoms with Crippen molar-refractivity contribution in [1.82, 2.24) is 15.3 Å². The molecule has 0 spiro atoms. The highest BCUT2D eigenvalue weighted by molar-refractivity contribution is 5.94. The maximum absolute atomic E-state index is 12.1. The van der Waals surface area contributed by atoms with E-state index >= 15 is 0 Å². The van der Waals surface area contributed by atoms with Crippen molar-refractivity contribution in [1.29, 1.82) is 0 Å². The molecule has 2 aromatic rings. The predicted octanol–water partition coefficient (Wildman–Crippen LogP) is 1.43. The molecule has 3 N–H and O–H groups in total. The normalized spacial score (nSPS) is 11.9. The van der Waals surface area contributed by atoms with Crippen LogP contribution < -0.4 is 11.1 Å². The van der Waals surface area contributed by atoms with E-state index in [0.717, 1.165) is 5.56 Å². The van der Waals surface area contributed by atoms with Crippen LogP contribution in [-0.4, -0.2) is 15.9 Å². The van der Waals surface area contributed by atoms with Crippen molar-refractivity contribution in [2.75, 3.05) is 0 Å². The Morgan fingerprint density at radius 3 is 2.95 bits per heavy atom. The molecule has 0 aliphatic rings. The summed E-state index contributed by atoms with van der Waals surface area (Å²) in [6, 6.07) is 7.04. The Morgan fingerprint density at radius 2 is 2.26 bits per heavy atom. The van der Waals surface area contributed by atoms with Gasteiger partial charge in [-0.25, -0.2) is 0 Å². The standard InChI is InChI=1S/C14H16N4O/c1-10(12-3-2-5-16-9-12)18-14(19)11-4-6-17-13(7-11)8-15/h2-7,9-10H,8,15H2,1H3,(H,18,19). The zero-order valence-electron chi connectivity index (χ0n) is 10.7. The fraction of sp³-hybridized carbons (Fsp3) is 0.214. The van der Waals surface area contributed by atoms with Crippen LogP contribution in [0, 0.1) is 0 Å². The fourth-order valence-corrected chi connectivity index (χ4v) is 1.73. The second-order valence-electron chi connectivity index (χ2n) is 4.22. The van der Waals surface area contributed by atoms with Gasteiger partial charge in [0.1, 0.15) is 0 Å². The summed E-state index contributed by atoms with van der Waals surface area (Å²) in [6.07, 6.45) is 5.03. The molecule has 2 rings (SSSR count). The van der Waals surface area contributed by atoms with E-state index in [4.69, 9.17) is 5.73 Å². The van der Waals surface area contributed by atoms with E-state index in [0.29, 0.717) is 17.8 Å². The lowest BCUT2D eigenvalue weighted by Crippen LogP contribution is -2.26. The summed E-state index contributed by atoms with van der Waals surface area (Å²) in [5, 5.41) is 2.92. The molecule has 2 heterocycles. The van der Waals surface area contributed by atoms with Gasteiger partial charge in [-0.05, 0) is 30.7 Å². The monoisotopic (exact) mass is 256 g/mol. The van der Waals surface area contributed by atoms with Gasteiger partial charge < -0.3 is 11.1 Å². The minimum absolute atomic E-state index is 0.101. The molecule has 5 nitrogen and oxygen atoms in total. The summed E-state index contributed by atoms with van der Waals surface area (Å²) in [5.41, 5.74) is 7.73. The topological polar surface area (TPSA) is 80.9 Å². The van der Waals surface area contributed by atoms with Crippen LogP contribution >= 0.6 is 0 Å². The maximum atomic E-state index is 12.1. The van der Waals surface area contributed by atoms with Crippen molar-refractivity contribution < 1.29 is 4.79 Å². The summed E-state index contributed by atoms with van der Waals surface area (Å²) in [7, 11) is 0. The number of hydrogen-bond donors (Lipinski definition) is 2. The SMILES string of the molecule is CC(NC(=O)c1ccnc(CN)c1)c1cccnc1. The maximum Gasteiger partial charge on any atom is 0.251 e. The molecule has 1 atom stereocenters. The van der Waals surface area contributed by atoms with Gasteiger partial charge in [-0.15, -0.1) is 0 Å². The van der Waals surface area contributed by atoms with E-state index in [-0.39, 0.29) is 11.9 Å². The number of pyridine rings is 2. The smallest absolute Gasteiger partial charge is 0.251 e. The number of rotatable bonds is 4. The number of aromatic nitrogens is 2. The molecule has 98 valence electrons. The van der Waals surface area contributed by atoms with Gasteiger partial charge in [-0.3, -0.25) is 14.8 Å². The molecule has 5 heteroatoms. The van der Waals surface area contributed by atoms with Crippen LogP contribution in [0.25, 0.3) is 0 Å². The lowest BCUT2D eigenvalue weighted by molar-refractivity contribution is 0.0939. The van der Waals surface area contributed by atoms with E-state index < -0.39 is 0 Å². The molecule has 0 saturated carbocycles. The molecule has 0 radical (unpaired) electrons. The van der Waals surface area contributed by atoms with E-state index in [1.54, 1.807) is 30.7 Å². The van der Waals surface area contributed by atoms with Crippen LogP contribution in [0.2, 0.25) is 0 Å². The van der Waals surface area contributed by atoms with Crippen molar-refractivity contribution in [2.24, 2.45) is 5.73 Å². The van der Waals surface area contributed by atoms with Gasteiger partial charge in [0.2, 0.25) is 0 Å². The number of hydrogen-bond acceptors (Lipinski definition) is 4. The molecule has 0 bridgehead atoms. The van der Waals surface area contributed by atoms with Gasteiger partial charge >= 0.3 is 0 Å². The quantitative estimate of drug-likeness (QED) is 0.867. The largest absolute Gasteiger partial charge is 0.345 e. The third-order valence-electron chi connectivity index (χ3n) is 2.82. The van der Waals surface area contributed by atoms with Crippen molar-refractivity contribution in [2.45, 2.75) is 19.5 Å². The molecule has 2 aromatic heterocycles. The Balaban J connectivity index is 2.08. The molecule has 19 heavy (non-hydrogen) atoms. The van der Waals surface area contributed by atoms with Crippen LogP contribution in [-0.2, 0) is 6.54 Å². The highest BCUT2D eigenvalue weighted by Crippen LogP contribution is 2.11. The summed E-state index contributed by atoms with van der Waals surface area (Å²) >= 11 is 0. The molecule has 1 amide bonds. The molecule has 1 unspecified atom stereocenters. The van der Waals surface area contributed by atoms with E-state index in [1.807, 2.05) is 19.1 Å². The average Bonchev–Trinajstić information content (AvgIpc) is 2.48. The first-order valence-electron chi connectivity index (χ1n) is 6.06. The van der Waals surface area contributed by atoms with Gasteiger partial charge in [0.15, 0.2) is 0 Å². The summed E-state index contributed by atoms with van der Waals surface area (Å²) in [6.45, 7) is 2.24. The van der Waals surface area contributed by atoms with Gasteiger partial charge in [0, 0.05) is 30.7 Å². The van der Waals surface area contributed by atoms with Crippen LogP contribution in [0.15, 0.2) is 42.9 Å². The summed E-state index contributed by atoms with van der Waals surface area (Å²) in [5.74, 6) is -0.145. The lowest BCUT2D eigenvalue weighted by Gasteiger charge is -2.14. The Hall–Kier alpha value is -2.27. The second-order valence-corrected chi connectivity index (χ2v) is 4.22. The Kier molecular flexibility index (Phi) is 4.20. The van der Waals surface area contributed by atoms with Gasteiger partial charge in [0.05, 0.1) is 11.7 Å². The number of carbonyl (C=O) groups is 1. The van der Waals surface area contributed by atoms with Crippen molar-refractivity contribution in [3.8, 4) is 0 Å². The highest BCUT2D eigenvalue weighted by Gasteiger charge is 2.11. The lowest BCUT2D eigenvalue weighted by atomic mass is 10.1. The first-order valence-corrected chi connectivity index (χ1v) is 6.06. The van der Waals surface area contributed by atoms with Crippen LogP contribution in [0.5, 0.6) is 0 Å². The van der Waals surface area contributed by atoms with Gasteiger partial charge in [-0.1, -0.05) is 6.07 Å². The van der Waals surface area contributed by atoms with Crippen molar-refractivity contribution >= 4 is 5.91 Å². The first kappa shape index (κ1) is 13.2. The number of nitrogens with two attached hydrogens (primary N) is 1. The van der Waals surface area contributed by atoms with Crippen LogP contribution in [0.1, 0.15) is 34.6 Å². The molecule has 0 aliphatic heterocycles. The number of amides is 1. The summed E-state index contributed by atoms with van der Waals surface area (Å²) < 4.78 is 0. The number of nitrogens with one attached hydrogen (secondary N) is 1. The van der Waals surface area contributed by atoms with Gasteiger partial charge in [-0.2, -0.15) is 0 Å². The molecule has 0 fully saturated rings. The van der Waals surface area contributed by atoms with E-state index in [9.17, 15) is 4.79 Å². The zero-order chi connectivity index (χ0) is 13.7. The minimum Gasteiger partial charge on any atom is -0.345 e. The number of nitrogens with zero attached hydrogens (tertiary/aromatic N) is 2. The van der Waals surface area contributed by atoms with Crippen molar-refractivity contribution in [3.63, 3.8) is 0 Å². The van der Waals surface area contributed by atoms with E-state index in [1.165, 1.54) is 0 Å². The predicted molar refractivity (Wildman–Crippen MR) is 72.2 cm³/mol. The molecular formula is C14H16N4O. The zero-order valence-corrected chi connectivity index (χ0v) is 10.7. The van der Waals surface area contributed by atoms with Crippen LogP contribution in [0.3, 0.4) is 0 Å². The third-order valence-corrected chi connectivity index (χ3v) is 2.82. The first-order chi connectivity index (χ1) is 9.20. The highest BCUT2D eigenvalue weighted by atomic mass is 16.1. The average molecular weight is 256 g/mol. The second kappa shape index (κ2) is 6.06. The summed E-state index contributed by atoms with van der Waals surface area (Å²) in [4.78, 5) is 20.2. The number of carbonyl (C=O) groups excluding carboxylic acids is 1. The van der Waals surface area contributed by atoms with Crippen LogP contribution in [0.4, 0.5) is 0 Å². The Bertz CT molecular complexity index is 556. The molecule has 0 aliphatic carbocycles. The molecule has 0 saturated heterocycles. The third kappa shape index (κ3) is 3.35. The fourth-order valence-electron chi connectivity index (χ4n) is 1.73. The molecule has 0 aromatic carbocycles. The molecular weight excluding hydrogens is 240 g/mol. The van der Waals surface area contributed by atoms with E-state index in [2.05, 4.69) is 15.3 Å². The van der Waals surface area contributed by atoms with Crippen molar-refractivity contribution in [3.05, 3.63) is 59.7 Å². The minimum atomic E-state index is -0.145. The Morgan fingerprint density at radius 1 is 1.42 bits per heavy atom.